The maximum absolute atomic E-state index is 11.7. The molecule has 2 rings (SSSR count). The predicted molar refractivity (Wildman–Crippen MR) is 80.3 cm³/mol. The van der Waals surface area contributed by atoms with E-state index in [1.54, 1.807) is 11.8 Å². The van der Waals surface area contributed by atoms with Crippen LogP contribution in [-0.4, -0.2) is 22.9 Å². The van der Waals surface area contributed by atoms with Gasteiger partial charge in [0.25, 0.3) is 0 Å². The van der Waals surface area contributed by atoms with E-state index in [9.17, 15) is 4.79 Å². The Hall–Kier alpha value is -1.27. The van der Waals surface area contributed by atoms with Gasteiger partial charge in [0.15, 0.2) is 5.13 Å². The summed E-state index contributed by atoms with van der Waals surface area (Å²) in [6.07, 6.45) is 3.47. The van der Waals surface area contributed by atoms with Crippen LogP contribution in [0, 0.1) is 0 Å². The first-order valence-corrected chi connectivity index (χ1v) is 7.85. The van der Waals surface area contributed by atoms with Crippen molar-refractivity contribution in [1.29, 1.82) is 0 Å². The minimum Gasteiger partial charge on any atom is -0.399 e. The van der Waals surface area contributed by atoms with Gasteiger partial charge in [-0.05, 0) is 36.6 Å². The molecule has 0 radical (unpaired) electrons. The van der Waals surface area contributed by atoms with Crippen molar-refractivity contribution < 1.29 is 4.79 Å². The summed E-state index contributed by atoms with van der Waals surface area (Å²) in [6, 6.07) is 5.55. The number of carbonyl (C=O) groups excluding carboxylic acids is 1. The number of anilines is 2. The molecule has 1 aromatic carbocycles. The fourth-order valence-electron chi connectivity index (χ4n) is 1.55. The van der Waals surface area contributed by atoms with Crippen molar-refractivity contribution in [3.05, 3.63) is 18.2 Å². The number of thiazole rings is 1. The van der Waals surface area contributed by atoms with Crippen LogP contribution in [0.3, 0.4) is 0 Å². The molecule has 1 heterocycles. The number of thioether (sulfide) groups is 1. The highest BCUT2D eigenvalue weighted by Crippen LogP contribution is 2.27. The van der Waals surface area contributed by atoms with Crippen LogP contribution in [0.5, 0.6) is 0 Å². The van der Waals surface area contributed by atoms with E-state index in [1.807, 2.05) is 24.5 Å². The van der Waals surface area contributed by atoms with Crippen LogP contribution in [0.15, 0.2) is 18.2 Å². The number of fused-ring (bicyclic) bond motifs is 1. The third-order valence-electron chi connectivity index (χ3n) is 2.41. The number of hydrogen-bond acceptors (Lipinski definition) is 5. The fourth-order valence-corrected chi connectivity index (χ4v) is 2.92. The summed E-state index contributed by atoms with van der Waals surface area (Å²) < 4.78 is 0.995. The molecular formula is C12H15N3OS2. The number of nitrogens with two attached hydrogens (primary N) is 1. The Morgan fingerprint density at radius 2 is 2.39 bits per heavy atom. The first-order valence-electron chi connectivity index (χ1n) is 5.64. The number of nitrogens with zero attached hydrogens (tertiary/aromatic N) is 1. The number of rotatable bonds is 5. The van der Waals surface area contributed by atoms with Gasteiger partial charge in [-0.3, -0.25) is 4.79 Å². The predicted octanol–water partition coefficient (Wildman–Crippen LogP) is 2.96. The molecule has 0 fully saturated rings. The lowest BCUT2D eigenvalue weighted by Gasteiger charge is -1.99. The highest BCUT2D eigenvalue weighted by atomic mass is 32.2. The van der Waals surface area contributed by atoms with Crippen LogP contribution in [0.1, 0.15) is 12.8 Å². The molecule has 0 saturated carbocycles. The van der Waals surface area contributed by atoms with Crippen molar-refractivity contribution >= 4 is 50.0 Å². The first-order chi connectivity index (χ1) is 8.69. The molecule has 0 bridgehead atoms. The van der Waals surface area contributed by atoms with E-state index in [2.05, 4.69) is 10.3 Å². The van der Waals surface area contributed by atoms with E-state index >= 15 is 0 Å². The molecule has 0 spiro atoms. The normalized spacial score (nSPS) is 10.7. The topological polar surface area (TPSA) is 68.0 Å². The molecule has 1 aromatic heterocycles. The van der Waals surface area contributed by atoms with Crippen molar-refractivity contribution in [2.24, 2.45) is 0 Å². The number of hydrogen-bond donors (Lipinski definition) is 2. The lowest BCUT2D eigenvalue weighted by molar-refractivity contribution is -0.116. The van der Waals surface area contributed by atoms with Gasteiger partial charge in [-0.2, -0.15) is 11.8 Å². The molecule has 0 saturated heterocycles. The molecule has 0 atom stereocenters. The molecule has 1 amide bonds. The van der Waals surface area contributed by atoms with E-state index in [4.69, 9.17) is 5.73 Å². The number of carbonyl (C=O) groups is 1. The average molecular weight is 281 g/mol. The number of benzene rings is 1. The lowest BCUT2D eigenvalue weighted by Crippen LogP contribution is -2.11. The average Bonchev–Trinajstić information content (AvgIpc) is 2.70. The van der Waals surface area contributed by atoms with Crippen LogP contribution in [0.4, 0.5) is 10.8 Å². The molecule has 0 unspecified atom stereocenters. The molecule has 4 nitrogen and oxygen atoms in total. The van der Waals surface area contributed by atoms with Gasteiger partial charge >= 0.3 is 0 Å². The largest absolute Gasteiger partial charge is 0.399 e. The molecule has 0 aliphatic carbocycles. The van der Waals surface area contributed by atoms with Crippen LogP contribution < -0.4 is 11.1 Å². The number of amides is 1. The summed E-state index contributed by atoms with van der Waals surface area (Å²) in [5, 5.41) is 3.47. The number of nitrogens with one attached hydrogen (secondary N) is 1. The summed E-state index contributed by atoms with van der Waals surface area (Å²) in [4.78, 5) is 16.0. The van der Waals surface area contributed by atoms with Crippen LogP contribution in [-0.2, 0) is 4.79 Å². The van der Waals surface area contributed by atoms with Gasteiger partial charge < -0.3 is 11.1 Å². The Bertz CT molecular complexity index is 553. The molecule has 2 aromatic rings. The number of aromatic nitrogens is 1. The summed E-state index contributed by atoms with van der Waals surface area (Å²) in [6.45, 7) is 0. The smallest absolute Gasteiger partial charge is 0.226 e. The highest BCUT2D eigenvalue weighted by molar-refractivity contribution is 7.98. The molecule has 0 aliphatic rings. The number of nitrogen functional groups attached to an aromatic ring is 1. The minimum atomic E-state index is 0.0241. The Morgan fingerprint density at radius 1 is 1.56 bits per heavy atom. The SMILES string of the molecule is CSCCCC(=O)Nc1nc2ccc(N)cc2s1. The van der Waals surface area contributed by atoms with E-state index < -0.39 is 0 Å². The van der Waals surface area contributed by atoms with Gasteiger partial charge in [0.2, 0.25) is 5.91 Å². The fraction of sp³-hybridized carbons (Fsp3) is 0.333. The van der Waals surface area contributed by atoms with E-state index in [0.29, 0.717) is 17.2 Å². The van der Waals surface area contributed by atoms with Gasteiger partial charge in [-0.15, -0.1) is 0 Å². The second-order valence-corrected chi connectivity index (χ2v) is 5.91. The van der Waals surface area contributed by atoms with Crippen molar-refractivity contribution in [2.75, 3.05) is 23.1 Å². The van der Waals surface area contributed by atoms with Crippen LogP contribution in [0.2, 0.25) is 0 Å². The van der Waals surface area contributed by atoms with Crippen molar-refractivity contribution in [2.45, 2.75) is 12.8 Å². The first kappa shape index (κ1) is 13.2. The van der Waals surface area contributed by atoms with Crippen LogP contribution in [0.25, 0.3) is 10.2 Å². The zero-order valence-electron chi connectivity index (χ0n) is 10.1. The second kappa shape index (κ2) is 6.06. The minimum absolute atomic E-state index is 0.0241. The summed E-state index contributed by atoms with van der Waals surface area (Å²) in [7, 11) is 0. The summed E-state index contributed by atoms with van der Waals surface area (Å²) in [5.74, 6) is 1.03. The summed E-state index contributed by atoms with van der Waals surface area (Å²) >= 11 is 3.20. The molecule has 3 N–H and O–H groups in total. The molecule has 96 valence electrons. The van der Waals surface area contributed by atoms with Crippen molar-refractivity contribution in [1.82, 2.24) is 4.98 Å². The Kier molecular flexibility index (Phi) is 4.43. The zero-order valence-corrected chi connectivity index (χ0v) is 11.7. The standard InChI is InChI=1S/C12H15N3OS2/c1-17-6-2-3-11(16)15-12-14-9-5-4-8(13)7-10(9)18-12/h4-5,7H,2-3,6,13H2,1H3,(H,14,15,16). The lowest BCUT2D eigenvalue weighted by atomic mass is 10.3. The monoisotopic (exact) mass is 281 g/mol. The summed E-state index contributed by atoms with van der Waals surface area (Å²) in [5.41, 5.74) is 7.29. The quantitative estimate of drug-likeness (QED) is 0.653. The van der Waals surface area contributed by atoms with Gasteiger partial charge in [0.05, 0.1) is 10.2 Å². The highest BCUT2D eigenvalue weighted by Gasteiger charge is 2.07. The Balaban J connectivity index is 2.01. The molecular weight excluding hydrogens is 266 g/mol. The Morgan fingerprint density at radius 3 is 3.17 bits per heavy atom. The zero-order chi connectivity index (χ0) is 13.0. The van der Waals surface area contributed by atoms with Gasteiger partial charge in [-0.25, -0.2) is 4.98 Å². The van der Waals surface area contributed by atoms with Gasteiger partial charge in [0.1, 0.15) is 0 Å². The third-order valence-corrected chi connectivity index (χ3v) is 4.04. The maximum Gasteiger partial charge on any atom is 0.226 e. The van der Waals surface area contributed by atoms with Gasteiger partial charge in [-0.1, -0.05) is 11.3 Å². The van der Waals surface area contributed by atoms with Crippen molar-refractivity contribution in [3.8, 4) is 0 Å². The maximum atomic E-state index is 11.7. The van der Waals surface area contributed by atoms with E-state index in [1.165, 1.54) is 11.3 Å². The van der Waals surface area contributed by atoms with Crippen LogP contribution >= 0.6 is 23.1 Å². The van der Waals surface area contributed by atoms with Gasteiger partial charge in [0, 0.05) is 12.1 Å². The molecule has 0 aliphatic heterocycles. The van der Waals surface area contributed by atoms with E-state index in [0.717, 1.165) is 22.4 Å². The molecule has 18 heavy (non-hydrogen) atoms. The van der Waals surface area contributed by atoms with E-state index in [-0.39, 0.29) is 5.91 Å². The Labute approximate surface area is 114 Å². The third kappa shape index (κ3) is 3.36. The molecule has 6 heteroatoms. The second-order valence-electron chi connectivity index (χ2n) is 3.89. The van der Waals surface area contributed by atoms with Crippen molar-refractivity contribution in [3.63, 3.8) is 0 Å².